The summed E-state index contributed by atoms with van der Waals surface area (Å²) in [6.45, 7) is 0.423. The van der Waals surface area contributed by atoms with Crippen LogP contribution in [-0.4, -0.2) is 18.8 Å². The Kier molecular flexibility index (Phi) is 4.66. The van der Waals surface area contributed by atoms with Crippen molar-refractivity contribution < 1.29 is 9.84 Å². The summed E-state index contributed by atoms with van der Waals surface area (Å²) in [5, 5.41) is 13.9. The number of anilines is 1. The van der Waals surface area contributed by atoms with Crippen molar-refractivity contribution in [1.29, 1.82) is 0 Å². The standard InChI is InChI=1S/C15H16ClNO2/c1-19-14-7-5-11(6-8-14)15(18)10-17-13-4-2-3-12(16)9-13/h2-9,15,17-18H,10H2,1H3. The minimum absolute atomic E-state index is 0.423. The van der Waals surface area contributed by atoms with Gasteiger partial charge in [-0.05, 0) is 35.9 Å². The number of rotatable bonds is 5. The molecular weight excluding hydrogens is 262 g/mol. The first kappa shape index (κ1) is 13.7. The molecule has 4 heteroatoms. The summed E-state index contributed by atoms with van der Waals surface area (Å²) in [6.07, 6.45) is -0.579. The summed E-state index contributed by atoms with van der Waals surface area (Å²) in [4.78, 5) is 0. The third-order valence-corrected chi connectivity index (χ3v) is 3.06. The van der Waals surface area contributed by atoms with E-state index in [1.54, 1.807) is 7.11 Å². The van der Waals surface area contributed by atoms with E-state index in [1.807, 2.05) is 48.5 Å². The van der Waals surface area contributed by atoms with E-state index in [0.717, 1.165) is 17.0 Å². The third-order valence-electron chi connectivity index (χ3n) is 2.82. The van der Waals surface area contributed by atoms with E-state index in [-0.39, 0.29) is 0 Å². The Morgan fingerprint density at radius 1 is 1.21 bits per heavy atom. The molecule has 2 rings (SSSR count). The molecule has 0 saturated heterocycles. The molecule has 0 saturated carbocycles. The van der Waals surface area contributed by atoms with E-state index in [0.29, 0.717) is 11.6 Å². The monoisotopic (exact) mass is 277 g/mol. The highest BCUT2D eigenvalue weighted by molar-refractivity contribution is 6.30. The van der Waals surface area contributed by atoms with Gasteiger partial charge in [0.05, 0.1) is 13.2 Å². The highest BCUT2D eigenvalue weighted by Crippen LogP contribution is 2.19. The van der Waals surface area contributed by atoms with Gasteiger partial charge in [0.2, 0.25) is 0 Å². The molecule has 0 radical (unpaired) electrons. The van der Waals surface area contributed by atoms with Crippen LogP contribution in [0.3, 0.4) is 0 Å². The van der Waals surface area contributed by atoms with E-state index in [1.165, 1.54) is 0 Å². The molecule has 1 unspecified atom stereocenters. The van der Waals surface area contributed by atoms with Crippen molar-refractivity contribution in [2.75, 3.05) is 19.0 Å². The van der Waals surface area contributed by atoms with E-state index in [4.69, 9.17) is 16.3 Å². The van der Waals surface area contributed by atoms with Crippen molar-refractivity contribution in [3.63, 3.8) is 0 Å². The fourth-order valence-electron chi connectivity index (χ4n) is 1.76. The average molecular weight is 278 g/mol. The summed E-state index contributed by atoms with van der Waals surface area (Å²) in [6, 6.07) is 14.8. The van der Waals surface area contributed by atoms with E-state index < -0.39 is 6.10 Å². The van der Waals surface area contributed by atoms with Crippen molar-refractivity contribution in [1.82, 2.24) is 0 Å². The first-order chi connectivity index (χ1) is 9.19. The van der Waals surface area contributed by atoms with Gasteiger partial charge in [-0.25, -0.2) is 0 Å². The Labute approximate surface area is 117 Å². The molecule has 0 spiro atoms. The largest absolute Gasteiger partial charge is 0.497 e. The number of nitrogens with one attached hydrogen (secondary N) is 1. The van der Waals surface area contributed by atoms with Crippen LogP contribution >= 0.6 is 11.6 Å². The number of aliphatic hydroxyl groups is 1. The molecule has 0 bridgehead atoms. The van der Waals surface area contributed by atoms with Crippen LogP contribution in [0.15, 0.2) is 48.5 Å². The Morgan fingerprint density at radius 3 is 2.58 bits per heavy atom. The molecule has 0 aliphatic carbocycles. The number of hydrogen-bond donors (Lipinski definition) is 2. The van der Waals surface area contributed by atoms with Crippen LogP contribution in [-0.2, 0) is 0 Å². The topological polar surface area (TPSA) is 41.5 Å². The molecule has 0 fully saturated rings. The SMILES string of the molecule is COc1ccc(C(O)CNc2cccc(Cl)c2)cc1. The van der Waals surface area contributed by atoms with Gasteiger partial charge in [0.25, 0.3) is 0 Å². The average Bonchev–Trinajstić information content (AvgIpc) is 2.45. The maximum atomic E-state index is 10.1. The van der Waals surface area contributed by atoms with E-state index >= 15 is 0 Å². The lowest BCUT2D eigenvalue weighted by atomic mass is 10.1. The van der Waals surface area contributed by atoms with Crippen LogP contribution in [0.4, 0.5) is 5.69 Å². The van der Waals surface area contributed by atoms with Crippen molar-refractivity contribution >= 4 is 17.3 Å². The second-order valence-electron chi connectivity index (χ2n) is 4.18. The summed E-state index contributed by atoms with van der Waals surface area (Å²) >= 11 is 5.89. The lowest BCUT2D eigenvalue weighted by Gasteiger charge is -2.13. The van der Waals surface area contributed by atoms with Gasteiger partial charge in [-0.3, -0.25) is 0 Å². The van der Waals surface area contributed by atoms with Crippen molar-refractivity contribution in [3.8, 4) is 5.75 Å². The zero-order chi connectivity index (χ0) is 13.7. The maximum absolute atomic E-state index is 10.1. The summed E-state index contributed by atoms with van der Waals surface area (Å²) in [5.74, 6) is 0.777. The van der Waals surface area contributed by atoms with Gasteiger partial charge in [0.1, 0.15) is 5.75 Å². The molecular formula is C15H16ClNO2. The Bertz CT molecular complexity index is 528. The molecule has 0 aliphatic heterocycles. The highest BCUT2D eigenvalue weighted by Gasteiger charge is 2.07. The second kappa shape index (κ2) is 6.45. The van der Waals surface area contributed by atoms with Crippen LogP contribution in [0, 0.1) is 0 Å². The van der Waals surface area contributed by atoms with Crippen molar-refractivity contribution in [3.05, 3.63) is 59.1 Å². The van der Waals surface area contributed by atoms with Gasteiger partial charge in [-0.2, -0.15) is 0 Å². The zero-order valence-corrected chi connectivity index (χ0v) is 11.4. The van der Waals surface area contributed by atoms with Gasteiger partial charge < -0.3 is 15.2 Å². The van der Waals surface area contributed by atoms with Crippen LogP contribution in [0.25, 0.3) is 0 Å². The predicted molar refractivity (Wildman–Crippen MR) is 77.9 cm³/mol. The van der Waals surface area contributed by atoms with E-state index in [9.17, 15) is 5.11 Å². The van der Waals surface area contributed by atoms with Crippen molar-refractivity contribution in [2.45, 2.75) is 6.10 Å². The minimum atomic E-state index is -0.579. The lowest BCUT2D eigenvalue weighted by Crippen LogP contribution is -2.12. The number of hydrogen-bond acceptors (Lipinski definition) is 3. The van der Waals surface area contributed by atoms with Crippen molar-refractivity contribution in [2.24, 2.45) is 0 Å². The number of aliphatic hydroxyl groups excluding tert-OH is 1. The molecule has 2 N–H and O–H groups in total. The zero-order valence-electron chi connectivity index (χ0n) is 10.6. The van der Waals surface area contributed by atoms with Crippen LogP contribution in [0.5, 0.6) is 5.75 Å². The van der Waals surface area contributed by atoms with Crippen LogP contribution in [0.2, 0.25) is 5.02 Å². The summed E-state index contributed by atoms with van der Waals surface area (Å²) in [7, 11) is 1.62. The normalized spacial score (nSPS) is 11.9. The number of benzene rings is 2. The molecule has 100 valence electrons. The third kappa shape index (κ3) is 3.88. The predicted octanol–water partition coefficient (Wildman–Crippen LogP) is 3.49. The molecule has 3 nitrogen and oxygen atoms in total. The number of ether oxygens (including phenoxy) is 1. The van der Waals surface area contributed by atoms with Gasteiger partial charge in [0.15, 0.2) is 0 Å². The van der Waals surface area contributed by atoms with Gasteiger partial charge in [-0.1, -0.05) is 29.8 Å². The molecule has 0 aromatic heterocycles. The van der Waals surface area contributed by atoms with E-state index in [2.05, 4.69) is 5.32 Å². The lowest BCUT2D eigenvalue weighted by molar-refractivity contribution is 0.191. The Balaban J connectivity index is 1.95. The quantitative estimate of drug-likeness (QED) is 0.879. The Morgan fingerprint density at radius 2 is 1.95 bits per heavy atom. The Hall–Kier alpha value is -1.71. The first-order valence-electron chi connectivity index (χ1n) is 6.00. The first-order valence-corrected chi connectivity index (χ1v) is 6.38. The number of halogens is 1. The summed E-state index contributed by atoms with van der Waals surface area (Å²) in [5.41, 5.74) is 1.73. The highest BCUT2D eigenvalue weighted by atomic mass is 35.5. The fourth-order valence-corrected chi connectivity index (χ4v) is 1.95. The molecule has 0 heterocycles. The van der Waals surface area contributed by atoms with Gasteiger partial charge in [-0.15, -0.1) is 0 Å². The molecule has 1 atom stereocenters. The second-order valence-corrected chi connectivity index (χ2v) is 4.62. The van der Waals surface area contributed by atoms with Crippen LogP contribution < -0.4 is 10.1 Å². The molecule has 19 heavy (non-hydrogen) atoms. The summed E-state index contributed by atoms with van der Waals surface area (Å²) < 4.78 is 5.08. The molecule has 2 aromatic rings. The molecule has 0 amide bonds. The number of methoxy groups -OCH3 is 1. The molecule has 2 aromatic carbocycles. The fraction of sp³-hybridized carbons (Fsp3) is 0.200. The van der Waals surface area contributed by atoms with Gasteiger partial charge in [0, 0.05) is 17.3 Å². The smallest absolute Gasteiger partial charge is 0.118 e. The van der Waals surface area contributed by atoms with Crippen LogP contribution in [0.1, 0.15) is 11.7 Å². The van der Waals surface area contributed by atoms with Gasteiger partial charge >= 0.3 is 0 Å². The maximum Gasteiger partial charge on any atom is 0.118 e. The molecule has 0 aliphatic rings. The minimum Gasteiger partial charge on any atom is -0.497 e.